The lowest BCUT2D eigenvalue weighted by atomic mass is 9.82. The second kappa shape index (κ2) is 5.02. The summed E-state index contributed by atoms with van der Waals surface area (Å²) in [6.45, 7) is 9.50. The molecule has 100 valence electrons. The lowest BCUT2D eigenvalue weighted by Gasteiger charge is -2.40. The molecule has 0 aliphatic carbocycles. The van der Waals surface area contributed by atoms with Crippen LogP contribution in [0.5, 0.6) is 0 Å². The predicted molar refractivity (Wildman–Crippen MR) is 75.5 cm³/mol. The normalized spacial score (nSPS) is 23.6. The summed E-state index contributed by atoms with van der Waals surface area (Å²) in [5.74, 6) is 0. The van der Waals surface area contributed by atoms with Crippen LogP contribution in [0.25, 0.3) is 0 Å². The van der Waals surface area contributed by atoms with E-state index >= 15 is 0 Å². The largest absolute Gasteiger partial charge is 0.384 e. The van der Waals surface area contributed by atoms with Crippen LogP contribution in [0, 0.1) is 5.41 Å². The molecule has 18 heavy (non-hydrogen) atoms. The summed E-state index contributed by atoms with van der Waals surface area (Å²) >= 11 is 0. The van der Waals surface area contributed by atoms with E-state index in [0.717, 1.165) is 25.2 Å². The van der Waals surface area contributed by atoms with Gasteiger partial charge in [0.1, 0.15) is 0 Å². The molecule has 1 N–H and O–H groups in total. The van der Waals surface area contributed by atoms with Gasteiger partial charge in [0.25, 0.3) is 0 Å². The zero-order valence-corrected chi connectivity index (χ0v) is 11.8. The fourth-order valence-electron chi connectivity index (χ4n) is 2.64. The Morgan fingerprint density at radius 3 is 2.28 bits per heavy atom. The number of rotatable bonds is 3. The second-order valence-electron chi connectivity index (χ2n) is 6.58. The Labute approximate surface area is 111 Å². The molecule has 1 aromatic rings. The third-order valence-corrected chi connectivity index (χ3v) is 4.14. The zero-order chi connectivity index (χ0) is 13.2. The maximum absolute atomic E-state index is 10.6. The van der Waals surface area contributed by atoms with Gasteiger partial charge in [-0.1, -0.05) is 44.2 Å². The molecular formula is C16H25NO. The lowest BCUT2D eigenvalue weighted by molar-refractivity contribution is -0.00137. The number of piperidine rings is 1. The van der Waals surface area contributed by atoms with Crippen molar-refractivity contribution in [1.82, 2.24) is 4.90 Å². The molecule has 1 fully saturated rings. The molecule has 0 bridgehead atoms. The quantitative estimate of drug-likeness (QED) is 0.887. The van der Waals surface area contributed by atoms with Crippen LogP contribution < -0.4 is 0 Å². The molecule has 1 aromatic carbocycles. The number of β-amino-alcohol motifs (C(OH)–C–C–N with tert-alkyl or cyclic N) is 1. The summed E-state index contributed by atoms with van der Waals surface area (Å²) in [4.78, 5) is 2.39. The minimum absolute atomic E-state index is 0.467. The molecule has 0 aromatic heterocycles. The number of hydrogen-bond acceptors (Lipinski definition) is 2. The fourth-order valence-corrected chi connectivity index (χ4v) is 2.64. The van der Waals surface area contributed by atoms with E-state index in [1.165, 1.54) is 12.8 Å². The van der Waals surface area contributed by atoms with Crippen molar-refractivity contribution in [3.05, 3.63) is 35.9 Å². The van der Waals surface area contributed by atoms with Gasteiger partial charge in [-0.3, -0.25) is 0 Å². The standard InChI is InChI=1S/C16H25NO/c1-15(2)9-11-17(12-10-15)13-16(3,18)14-7-5-4-6-8-14/h4-8,18H,9-13H2,1-3H3. The first-order chi connectivity index (χ1) is 8.39. The molecule has 1 atom stereocenters. The van der Waals surface area contributed by atoms with Crippen LogP contribution in [-0.2, 0) is 5.60 Å². The van der Waals surface area contributed by atoms with E-state index in [0.29, 0.717) is 5.41 Å². The van der Waals surface area contributed by atoms with Crippen molar-refractivity contribution in [2.75, 3.05) is 19.6 Å². The maximum Gasteiger partial charge on any atom is 0.0994 e. The Morgan fingerprint density at radius 2 is 1.72 bits per heavy atom. The lowest BCUT2D eigenvalue weighted by Crippen LogP contribution is -2.44. The van der Waals surface area contributed by atoms with Crippen LogP contribution >= 0.6 is 0 Å². The van der Waals surface area contributed by atoms with Gasteiger partial charge in [-0.25, -0.2) is 0 Å². The Balaban J connectivity index is 1.97. The van der Waals surface area contributed by atoms with Crippen molar-refractivity contribution >= 4 is 0 Å². The summed E-state index contributed by atoms with van der Waals surface area (Å²) in [5.41, 5.74) is 0.729. The van der Waals surface area contributed by atoms with Crippen molar-refractivity contribution in [3.8, 4) is 0 Å². The SMILES string of the molecule is CC1(C)CCN(CC(C)(O)c2ccccc2)CC1. The summed E-state index contributed by atoms with van der Waals surface area (Å²) in [6.07, 6.45) is 2.44. The maximum atomic E-state index is 10.6. The van der Waals surface area contributed by atoms with Crippen LogP contribution in [0.1, 0.15) is 39.2 Å². The zero-order valence-electron chi connectivity index (χ0n) is 11.8. The molecule has 1 unspecified atom stereocenters. The molecule has 0 spiro atoms. The van der Waals surface area contributed by atoms with Gasteiger partial charge in [0.2, 0.25) is 0 Å². The molecule has 1 aliphatic rings. The molecule has 2 heteroatoms. The fraction of sp³-hybridized carbons (Fsp3) is 0.625. The van der Waals surface area contributed by atoms with E-state index in [1.54, 1.807) is 0 Å². The first-order valence-corrected chi connectivity index (χ1v) is 6.89. The third-order valence-electron chi connectivity index (χ3n) is 4.14. The number of hydrogen-bond donors (Lipinski definition) is 1. The Hall–Kier alpha value is -0.860. The van der Waals surface area contributed by atoms with Gasteiger partial charge in [0.15, 0.2) is 0 Å². The molecule has 1 aliphatic heterocycles. The highest BCUT2D eigenvalue weighted by molar-refractivity contribution is 5.21. The van der Waals surface area contributed by atoms with E-state index in [2.05, 4.69) is 18.7 Å². The number of aliphatic hydroxyl groups is 1. The van der Waals surface area contributed by atoms with Gasteiger partial charge in [-0.2, -0.15) is 0 Å². The highest BCUT2D eigenvalue weighted by atomic mass is 16.3. The average molecular weight is 247 g/mol. The molecule has 0 radical (unpaired) electrons. The first-order valence-electron chi connectivity index (χ1n) is 6.89. The van der Waals surface area contributed by atoms with E-state index in [-0.39, 0.29) is 0 Å². The van der Waals surface area contributed by atoms with Crippen LogP contribution in [0.3, 0.4) is 0 Å². The van der Waals surface area contributed by atoms with Crippen molar-refractivity contribution < 1.29 is 5.11 Å². The summed E-state index contributed by atoms with van der Waals surface area (Å²) in [6, 6.07) is 9.98. The third kappa shape index (κ3) is 3.33. The topological polar surface area (TPSA) is 23.5 Å². The number of nitrogens with zero attached hydrogens (tertiary/aromatic N) is 1. The smallest absolute Gasteiger partial charge is 0.0994 e. The van der Waals surface area contributed by atoms with Crippen molar-refractivity contribution in [2.24, 2.45) is 5.41 Å². The van der Waals surface area contributed by atoms with Crippen molar-refractivity contribution in [3.63, 3.8) is 0 Å². The van der Waals surface area contributed by atoms with Gasteiger partial charge >= 0.3 is 0 Å². The van der Waals surface area contributed by atoms with E-state index < -0.39 is 5.60 Å². The second-order valence-corrected chi connectivity index (χ2v) is 6.58. The highest BCUT2D eigenvalue weighted by Crippen LogP contribution is 2.31. The Bertz CT molecular complexity index is 373. The van der Waals surface area contributed by atoms with E-state index in [1.807, 2.05) is 37.3 Å². The van der Waals surface area contributed by atoms with Gasteiger partial charge in [0, 0.05) is 6.54 Å². The van der Waals surface area contributed by atoms with E-state index in [4.69, 9.17) is 0 Å². The molecule has 1 heterocycles. The molecule has 0 saturated carbocycles. The molecular weight excluding hydrogens is 222 g/mol. The van der Waals surface area contributed by atoms with Gasteiger partial charge in [0.05, 0.1) is 5.60 Å². The summed E-state index contributed by atoms with van der Waals surface area (Å²) < 4.78 is 0. The van der Waals surface area contributed by atoms with Gasteiger partial charge < -0.3 is 10.0 Å². The van der Waals surface area contributed by atoms with Crippen molar-refractivity contribution in [1.29, 1.82) is 0 Å². The monoisotopic (exact) mass is 247 g/mol. The number of likely N-dealkylation sites (tertiary alicyclic amines) is 1. The van der Waals surface area contributed by atoms with Crippen LogP contribution in [0.15, 0.2) is 30.3 Å². The predicted octanol–water partition coefficient (Wildman–Crippen LogP) is 3.02. The highest BCUT2D eigenvalue weighted by Gasteiger charge is 2.30. The van der Waals surface area contributed by atoms with E-state index in [9.17, 15) is 5.11 Å². The summed E-state index contributed by atoms with van der Waals surface area (Å²) in [7, 11) is 0. The van der Waals surface area contributed by atoms with Crippen LogP contribution in [0.2, 0.25) is 0 Å². The van der Waals surface area contributed by atoms with Gasteiger partial charge in [-0.05, 0) is 43.8 Å². The molecule has 2 rings (SSSR count). The Kier molecular flexibility index (Phi) is 3.79. The minimum atomic E-state index is -0.747. The van der Waals surface area contributed by atoms with Crippen molar-refractivity contribution in [2.45, 2.75) is 39.2 Å². The molecule has 0 amide bonds. The average Bonchev–Trinajstić information content (AvgIpc) is 2.33. The summed E-state index contributed by atoms with van der Waals surface area (Å²) in [5, 5.41) is 10.6. The minimum Gasteiger partial charge on any atom is -0.384 e. The van der Waals surface area contributed by atoms with Crippen LogP contribution in [0.4, 0.5) is 0 Å². The Morgan fingerprint density at radius 1 is 1.17 bits per heavy atom. The molecule has 2 nitrogen and oxygen atoms in total. The van der Waals surface area contributed by atoms with Crippen LogP contribution in [-0.4, -0.2) is 29.6 Å². The van der Waals surface area contributed by atoms with Gasteiger partial charge in [-0.15, -0.1) is 0 Å². The molecule has 1 saturated heterocycles. The number of benzene rings is 1. The first kappa shape index (κ1) is 13.6.